The lowest BCUT2D eigenvalue weighted by Crippen LogP contribution is -2.57. The summed E-state index contributed by atoms with van der Waals surface area (Å²) in [6.07, 6.45) is 1.29. The first-order valence-electron chi connectivity index (χ1n) is 11.3. The van der Waals surface area contributed by atoms with Crippen LogP contribution in [-0.2, 0) is 9.59 Å². The van der Waals surface area contributed by atoms with Crippen LogP contribution in [0.5, 0.6) is 0 Å². The number of hydrogen-bond donors (Lipinski definition) is 0. The van der Waals surface area contributed by atoms with Gasteiger partial charge in [-0.3, -0.25) is 19.7 Å². The van der Waals surface area contributed by atoms with E-state index in [9.17, 15) is 24.5 Å². The van der Waals surface area contributed by atoms with Gasteiger partial charge in [0.25, 0.3) is 17.5 Å². The number of nitro groups is 1. The molecule has 0 spiro atoms. The molecule has 1 saturated heterocycles. The molecule has 3 aromatic carbocycles. The average molecular weight is 572 g/mol. The number of nitro benzene ring substituents is 1. The number of amides is 4. The molecule has 2 heterocycles. The van der Waals surface area contributed by atoms with Crippen LogP contribution in [0, 0.1) is 17.0 Å². The number of rotatable bonds is 5. The van der Waals surface area contributed by atoms with E-state index in [1.807, 2.05) is 6.92 Å². The molecule has 4 aromatic rings. The van der Waals surface area contributed by atoms with Gasteiger partial charge >= 0.3 is 6.03 Å². The third-order valence-electron chi connectivity index (χ3n) is 5.90. The van der Waals surface area contributed by atoms with Crippen molar-refractivity contribution in [1.29, 1.82) is 0 Å². The number of aryl methyl sites for hydroxylation is 1. The summed E-state index contributed by atoms with van der Waals surface area (Å²) >= 11 is 3.32. The van der Waals surface area contributed by atoms with Crippen LogP contribution in [0.15, 0.2) is 99.4 Å². The zero-order valence-electron chi connectivity index (χ0n) is 19.8. The molecule has 1 aromatic heterocycles. The van der Waals surface area contributed by atoms with Gasteiger partial charge < -0.3 is 4.42 Å². The molecule has 0 saturated carbocycles. The van der Waals surface area contributed by atoms with Crippen LogP contribution in [-0.4, -0.2) is 22.8 Å². The molecule has 1 aliphatic heterocycles. The number of urea groups is 1. The lowest BCUT2D eigenvalue weighted by Gasteiger charge is -2.33. The van der Waals surface area contributed by atoms with Crippen LogP contribution in [0.25, 0.3) is 17.4 Å². The number of barbiturate groups is 1. The quantitative estimate of drug-likeness (QED) is 0.117. The zero-order valence-corrected chi connectivity index (χ0v) is 21.4. The molecule has 0 radical (unpaired) electrons. The number of carbonyl (C=O) groups is 3. The smallest absolute Gasteiger partial charge is 0.343 e. The normalized spacial score (nSPS) is 14.9. The Kier molecular flexibility index (Phi) is 6.48. The summed E-state index contributed by atoms with van der Waals surface area (Å²) < 4.78 is 6.31. The van der Waals surface area contributed by atoms with Gasteiger partial charge in [-0.05, 0) is 71.4 Å². The number of carbonyl (C=O) groups excluding carboxylic acids is 3. The predicted octanol–water partition coefficient (Wildman–Crippen LogP) is 6.51. The molecule has 38 heavy (non-hydrogen) atoms. The van der Waals surface area contributed by atoms with E-state index in [0.29, 0.717) is 27.2 Å². The second-order valence-corrected chi connectivity index (χ2v) is 9.27. The largest absolute Gasteiger partial charge is 0.457 e. The maximum absolute atomic E-state index is 13.5. The Balaban J connectivity index is 1.57. The first-order chi connectivity index (χ1) is 18.2. The summed E-state index contributed by atoms with van der Waals surface area (Å²) in [5.74, 6) is -1.02. The highest BCUT2D eigenvalue weighted by Crippen LogP contribution is 2.34. The van der Waals surface area contributed by atoms with Gasteiger partial charge in [0, 0.05) is 22.2 Å². The lowest BCUT2D eigenvalue weighted by molar-refractivity contribution is -0.384. The highest BCUT2D eigenvalue weighted by Gasteiger charge is 2.43. The van der Waals surface area contributed by atoms with E-state index in [2.05, 4.69) is 15.9 Å². The Hall–Kier alpha value is -4.83. The lowest BCUT2D eigenvalue weighted by atomic mass is 10.1. The van der Waals surface area contributed by atoms with Gasteiger partial charge in [0.05, 0.1) is 16.3 Å². The first kappa shape index (κ1) is 24.8. The van der Waals surface area contributed by atoms with Crippen LogP contribution in [0.2, 0.25) is 0 Å². The minimum atomic E-state index is -0.790. The summed E-state index contributed by atoms with van der Waals surface area (Å²) in [6, 6.07) is 21.8. The van der Waals surface area contributed by atoms with Crippen molar-refractivity contribution >= 4 is 56.9 Å². The molecule has 0 bridgehead atoms. The highest BCUT2D eigenvalue weighted by atomic mass is 79.9. The molecule has 0 N–H and O–H groups in total. The Morgan fingerprint density at radius 3 is 2.08 bits per heavy atom. The molecular formula is C28H18BrN3O6. The predicted molar refractivity (Wildman–Crippen MR) is 144 cm³/mol. The fourth-order valence-corrected chi connectivity index (χ4v) is 4.55. The molecule has 0 unspecified atom stereocenters. The minimum Gasteiger partial charge on any atom is -0.457 e. The Morgan fingerprint density at radius 1 is 0.842 bits per heavy atom. The average Bonchev–Trinajstić information content (AvgIpc) is 3.36. The summed E-state index contributed by atoms with van der Waals surface area (Å²) in [5.41, 5.74) is 1.77. The van der Waals surface area contributed by atoms with Crippen molar-refractivity contribution < 1.29 is 23.7 Å². The Bertz CT molecular complexity index is 1630. The van der Waals surface area contributed by atoms with Gasteiger partial charge in [-0.1, -0.05) is 35.9 Å². The van der Waals surface area contributed by atoms with Crippen molar-refractivity contribution in [1.82, 2.24) is 0 Å². The number of hydrogen-bond acceptors (Lipinski definition) is 6. The summed E-state index contributed by atoms with van der Waals surface area (Å²) in [5, 5.41) is 11.0. The van der Waals surface area contributed by atoms with Crippen molar-refractivity contribution in [3.05, 3.63) is 116 Å². The van der Waals surface area contributed by atoms with Gasteiger partial charge in [-0.25, -0.2) is 14.6 Å². The van der Waals surface area contributed by atoms with E-state index in [0.717, 1.165) is 15.4 Å². The van der Waals surface area contributed by atoms with Crippen molar-refractivity contribution in [3.8, 4) is 11.3 Å². The Morgan fingerprint density at radius 2 is 1.47 bits per heavy atom. The number of para-hydroxylation sites is 1. The first-order valence-corrected chi connectivity index (χ1v) is 12.1. The molecule has 1 fully saturated rings. The maximum atomic E-state index is 13.5. The topological polar surface area (TPSA) is 114 Å². The van der Waals surface area contributed by atoms with Crippen LogP contribution in [0.3, 0.4) is 0 Å². The molecule has 0 atom stereocenters. The van der Waals surface area contributed by atoms with Gasteiger partial charge in [-0.15, -0.1) is 0 Å². The minimum absolute atomic E-state index is 0.0882. The molecule has 0 aliphatic carbocycles. The Labute approximate surface area is 224 Å². The second-order valence-electron chi connectivity index (χ2n) is 8.42. The van der Waals surface area contributed by atoms with E-state index in [1.165, 1.54) is 24.3 Å². The van der Waals surface area contributed by atoms with Crippen LogP contribution in [0.4, 0.5) is 21.9 Å². The van der Waals surface area contributed by atoms with Crippen LogP contribution in [0.1, 0.15) is 11.3 Å². The van der Waals surface area contributed by atoms with E-state index >= 15 is 0 Å². The summed E-state index contributed by atoms with van der Waals surface area (Å²) in [4.78, 5) is 52.9. The number of benzene rings is 3. The molecule has 188 valence electrons. The second kappa shape index (κ2) is 9.91. The van der Waals surface area contributed by atoms with E-state index in [4.69, 9.17) is 4.42 Å². The molecule has 1 aliphatic rings. The number of halogens is 1. The maximum Gasteiger partial charge on any atom is 0.343 e. The van der Waals surface area contributed by atoms with Crippen LogP contribution >= 0.6 is 15.9 Å². The standard InChI is InChI=1S/C28H18BrN3O6/c1-17-7-9-19(10-8-17)31-27(34)23(26(33)30(28(31)35)18-5-3-2-4-6-18)16-21-12-14-25(38-21)22-13-11-20(32(36)37)15-24(22)29/h2-16H,1H3/b23-16-. The fourth-order valence-electron chi connectivity index (χ4n) is 3.99. The third kappa shape index (κ3) is 4.53. The number of anilines is 2. The summed E-state index contributed by atoms with van der Waals surface area (Å²) in [7, 11) is 0. The van der Waals surface area contributed by atoms with E-state index in [-0.39, 0.29) is 17.0 Å². The molecule has 5 rings (SSSR count). The van der Waals surface area contributed by atoms with Crippen molar-refractivity contribution in [2.24, 2.45) is 0 Å². The number of furan rings is 1. The number of nitrogens with zero attached hydrogens (tertiary/aromatic N) is 3. The van der Waals surface area contributed by atoms with Crippen molar-refractivity contribution in [2.75, 3.05) is 9.80 Å². The number of non-ortho nitro benzene ring substituents is 1. The molecular weight excluding hydrogens is 554 g/mol. The monoisotopic (exact) mass is 571 g/mol. The van der Waals surface area contributed by atoms with Gasteiger partial charge in [0.2, 0.25) is 0 Å². The van der Waals surface area contributed by atoms with Crippen molar-refractivity contribution in [2.45, 2.75) is 6.92 Å². The third-order valence-corrected chi connectivity index (χ3v) is 6.55. The number of imide groups is 2. The van der Waals surface area contributed by atoms with E-state index in [1.54, 1.807) is 66.7 Å². The van der Waals surface area contributed by atoms with E-state index < -0.39 is 22.8 Å². The molecule has 4 amide bonds. The van der Waals surface area contributed by atoms with Gasteiger partial charge in [-0.2, -0.15) is 0 Å². The van der Waals surface area contributed by atoms with Crippen LogP contribution < -0.4 is 9.80 Å². The molecule has 9 nitrogen and oxygen atoms in total. The fraction of sp³-hybridized carbons (Fsp3) is 0.0357. The summed E-state index contributed by atoms with van der Waals surface area (Å²) in [6.45, 7) is 1.88. The highest BCUT2D eigenvalue weighted by molar-refractivity contribution is 9.10. The van der Waals surface area contributed by atoms with Gasteiger partial charge in [0.1, 0.15) is 17.1 Å². The van der Waals surface area contributed by atoms with Gasteiger partial charge in [0.15, 0.2) is 0 Å². The zero-order chi connectivity index (χ0) is 27.0. The molecule has 10 heteroatoms. The van der Waals surface area contributed by atoms with Crippen molar-refractivity contribution in [3.63, 3.8) is 0 Å². The SMILES string of the molecule is Cc1ccc(N2C(=O)/C(=C\c3ccc(-c4ccc([N+](=O)[O-])cc4Br)o3)C(=O)N(c3ccccc3)C2=O)cc1.